The Morgan fingerprint density at radius 2 is 2.24 bits per heavy atom. The highest BCUT2D eigenvalue weighted by atomic mass is 16.5. The Morgan fingerprint density at radius 3 is 2.82 bits per heavy atom. The molecule has 1 saturated carbocycles. The summed E-state index contributed by atoms with van der Waals surface area (Å²) >= 11 is 0. The van der Waals surface area contributed by atoms with Crippen LogP contribution in [-0.4, -0.2) is 23.8 Å². The summed E-state index contributed by atoms with van der Waals surface area (Å²) in [6.07, 6.45) is 2.03. The number of hydrogen-bond acceptors (Lipinski definition) is 4. The number of ether oxygens (including phenoxy) is 1. The molecule has 0 atom stereocenters. The van der Waals surface area contributed by atoms with Crippen LogP contribution in [0.5, 0.6) is 5.75 Å². The zero-order valence-corrected chi connectivity index (χ0v) is 10.1. The fraction of sp³-hybridized carbons (Fsp3) is 0.538. The van der Waals surface area contributed by atoms with E-state index in [0.717, 1.165) is 29.8 Å². The minimum absolute atomic E-state index is 0.00493. The van der Waals surface area contributed by atoms with E-state index in [1.807, 2.05) is 25.1 Å². The molecule has 0 spiro atoms. The lowest BCUT2D eigenvalue weighted by Crippen LogP contribution is -2.44. The van der Waals surface area contributed by atoms with Crippen molar-refractivity contribution in [2.45, 2.75) is 38.5 Å². The molecular formula is C13H20N2O2. The topological polar surface area (TPSA) is 67.5 Å². The Bertz CT molecular complexity index is 376. The van der Waals surface area contributed by atoms with Gasteiger partial charge in [-0.2, -0.15) is 0 Å². The van der Waals surface area contributed by atoms with Crippen LogP contribution in [0.4, 0.5) is 5.69 Å². The van der Waals surface area contributed by atoms with Crippen molar-refractivity contribution < 1.29 is 9.84 Å². The number of rotatable bonds is 5. The molecule has 17 heavy (non-hydrogen) atoms. The minimum atomic E-state index is -0.00493. The largest absolute Gasteiger partial charge is 0.494 e. The maximum Gasteiger partial charge on any atom is 0.124 e. The van der Waals surface area contributed by atoms with Crippen LogP contribution in [0, 0.1) is 0 Å². The highest BCUT2D eigenvalue weighted by Crippen LogP contribution is 2.27. The molecule has 0 aliphatic heterocycles. The summed E-state index contributed by atoms with van der Waals surface area (Å²) in [4.78, 5) is 0. The molecule has 1 aromatic rings. The van der Waals surface area contributed by atoms with Crippen LogP contribution in [0.2, 0.25) is 0 Å². The highest BCUT2D eigenvalue weighted by Gasteiger charge is 2.25. The zero-order chi connectivity index (χ0) is 12.3. The van der Waals surface area contributed by atoms with Gasteiger partial charge in [0.25, 0.3) is 0 Å². The van der Waals surface area contributed by atoms with Crippen molar-refractivity contribution in [3.05, 3.63) is 23.8 Å². The Labute approximate surface area is 102 Å². The lowest BCUT2D eigenvalue weighted by molar-refractivity contribution is 0.267. The van der Waals surface area contributed by atoms with E-state index in [-0.39, 0.29) is 6.61 Å². The number of aliphatic hydroxyl groups is 1. The molecule has 0 saturated heterocycles. The average Bonchev–Trinajstić information content (AvgIpc) is 2.29. The molecule has 0 bridgehead atoms. The lowest BCUT2D eigenvalue weighted by Gasteiger charge is -2.34. The molecular weight excluding hydrogens is 216 g/mol. The highest BCUT2D eigenvalue weighted by molar-refractivity contribution is 5.52. The van der Waals surface area contributed by atoms with E-state index in [1.165, 1.54) is 0 Å². The van der Waals surface area contributed by atoms with Crippen LogP contribution in [0.1, 0.15) is 25.3 Å². The lowest BCUT2D eigenvalue weighted by atomic mass is 9.87. The van der Waals surface area contributed by atoms with E-state index < -0.39 is 0 Å². The number of benzene rings is 1. The number of hydrogen-bond donors (Lipinski definition) is 3. The molecule has 2 rings (SSSR count). The van der Waals surface area contributed by atoms with Crippen molar-refractivity contribution in [3.8, 4) is 5.75 Å². The third-order valence-electron chi connectivity index (χ3n) is 3.08. The van der Waals surface area contributed by atoms with Crippen LogP contribution in [0.3, 0.4) is 0 Å². The first-order valence-electron chi connectivity index (χ1n) is 6.11. The van der Waals surface area contributed by atoms with Gasteiger partial charge in [0.2, 0.25) is 0 Å². The first-order chi connectivity index (χ1) is 8.22. The molecule has 1 aliphatic carbocycles. The summed E-state index contributed by atoms with van der Waals surface area (Å²) in [5.74, 6) is 0.755. The third-order valence-corrected chi connectivity index (χ3v) is 3.08. The van der Waals surface area contributed by atoms with Crippen molar-refractivity contribution in [1.82, 2.24) is 0 Å². The average molecular weight is 236 g/mol. The predicted molar refractivity (Wildman–Crippen MR) is 68.2 cm³/mol. The summed E-state index contributed by atoms with van der Waals surface area (Å²) in [6, 6.07) is 6.63. The Kier molecular flexibility index (Phi) is 3.86. The minimum Gasteiger partial charge on any atom is -0.494 e. The van der Waals surface area contributed by atoms with Gasteiger partial charge < -0.3 is 20.9 Å². The van der Waals surface area contributed by atoms with Crippen molar-refractivity contribution in [3.63, 3.8) is 0 Å². The number of anilines is 1. The van der Waals surface area contributed by atoms with E-state index in [2.05, 4.69) is 5.32 Å². The van der Waals surface area contributed by atoms with Gasteiger partial charge in [-0.15, -0.1) is 0 Å². The standard InChI is InChI=1S/C13H20N2O2/c1-2-17-13-4-3-11(5-9(13)8-16)15-12-6-10(14)7-12/h3-5,10,12,15-16H,2,6-8,14H2,1H3. The van der Waals surface area contributed by atoms with E-state index in [9.17, 15) is 5.11 Å². The molecule has 1 aliphatic rings. The Hall–Kier alpha value is -1.26. The molecule has 94 valence electrons. The molecule has 0 radical (unpaired) electrons. The fourth-order valence-corrected chi connectivity index (χ4v) is 2.10. The quantitative estimate of drug-likeness (QED) is 0.724. The zero-order valence-electron chi connectivity index (χ0n) is 10.1. The summed E-state index contributed by atoms with van der Waals surface area (Å²) < 4.78 is 5.44. The van der Waals surface area contributed by atoms with Gasteiger partial charge in [0, 0.05) is 23.3 Å². The SMILES string of the molecule is CCOc1ccc(NC2CC(N)C2)cc1CO. The van der Waals surface area contributed by atoms with Crippen LogP contribution < -0.4 is 15.8 Å². The molecule has 0 amide bonds. The summed E-state index contributed by atoms with van der Waals surface area (Å²) in [5, 5.41) is 12.7. The molecule has 0 heterocycles. The monoisotopic (exact) mass is 236 g/mol. The molecule has 0 unspecified atom stereocenters. The van der Waals surface area contributed by atoms with Crippen LogP contribution >= 0.6 is 0 Å². The van der Waals surface area contributed by atoms with Gasteiger partial charge in [0.1, 0.15) is 5.75 Å². The van der Waals surface area contributed by atoms with Gasteiger partial charge >= 0.3 is 0 Å². The van der Waals surface area contributed by atoms with Gasteiger partial charge in [0.15, 0.2) is 0 Å². The molecule has 4 N–H and O–H groups in total. The van der Waals surface area contributed by atoms with Crippen LogP contribution in [0.25, 0.3) is 0 Å². The summed E-state index contributed by atoms with van der Waals surface area (Å²) in [5.41, 5.74) is 7.58. The first kappa shape index (κ1) is 12.2. The molecule has 0 aromatic heterocycles. The van der Waals surface area contributed by atoms with Gasteiger partial charge in [0.05, 0.1) is 13.2 Å². The summed E-state index contributed by atoms with van der Waals surface area (Å²) in [6.45, 7) is 2.54. The second kappa shape index (κ2) is 5.38. The third kappa shape index (κ3) is 2.90. The smallest absolute Gasteiger partial charge is 0.124 e. The van der Waals surface area contributed by atoms with Crippen LogP contribution in [0.15, 0.2) is 18.2 Å². The van der Waals surface area contributed by atoms with Gasteiger partial charge in [-0.25, -0.2) is 0 Å². The molecule has 4 nitrogen and oxygen atoms in total. The van der Waals surface area contributed by atoms with Gasteiger partial charge in [-0.3, -0.25) is 0 Å². The van der Waals surface area contributed by atoms with E-state index in [1.54, 1.807) is 0 Å². The second-order valence-electron chi connectivity index (χ2n) is 4.49. The molecule has 1 fully saturated rings. The van der Waals surface area contributed by atoms with E-state index in [0.29, 0.717) is 18.7 Å². The Balaban J connectivity index is 2.03. The van der Waals surface area contributed by atoms with Crippen LogP contribution in [-0.2, 0) is 6.61 Å². The van der Waals surface area contributed by atoms with Gasteiger partial charge in [-0.1, -0.05) is 0 Å². The fourth-order valence-electron chi connectivity index (χ4n) is 2.10. The number of nitrogens with one attached hydrogen (secondary N) is 1. The van der Waals surface area contributed by atoms with Crippen molar-refractivity contribution in [1.29, 1.82) is 0 Å². The second-order valence-corrected chi connectivity index (χ2v) is 4.49. The summed E-state index contributed by atoms with van der Waals surface area (Å²) in [7, 11) is 0. The van der Waals surface area contributed by atoms with E-state index >= 15 is 0 Å². The van der Waals surface area contributed by atoms with E-state index in [4.69, 9.17) is 10.5 Å². The molecule has 4 heteroatoms. The Morgan fingerprint density at radius 1 is 1.47 bits per heavy atom. The normalized spacial score (nSPS) is 23.0. The van der Waals surface area contributed by atoms with Crippen molar-refractivity contribution >= 4 is 5.69 Å². The number of nitrogens with two attached hydrogens (primary N) is 1. The van der Waals surface area contributed by atoms with Crippen molar-refractivity contribution in [2.75, 3.05) is 11.9 Å². The first-order valence-corrected chi connectivity index (χ1v) is 6.11. The number of aliphatic hydroxyl groups excluding tert-OH is 1. The van der Waals surface area contributed by atoms with Gasteiger partial charge in [-0.05, 0) is 38.0 Å². The maximum atomic E-state index is 9.29. The van der Waals surface area contributed by atoms with Crippen molar-refractivity contribution in [2.24, 2.45) is 5.73 Å². The predicted octanol–water partition coefficient (Wildman–Crippen LogP) is 1.48. The maximum absolute atomic E-state index is 9.29. The molecule has 1 aromatic carbocycles.